The third kappa shape index (κ3) is 2.93. The van der Waals surface area contributed by atoms with Crippen molar-refractivity contribution < 1.29 is 14.7 Å². The van der Waals surface area contributed by atoms with Crippen LogP contribution in [0.1, 0.15) is 49.5 Å². The van der Waals surface area contributed by atoms with Crippen molar-refractivity contribution in [2.45, 2.75) is 44.7 Å². The molecule has 1 saturated carbocycles. The number of carboxylic acids is 1. The van der Waals surface area contributed by atoms with Gasteiger partial charge in [-0.1, -0.05) is 30.3 Å². The van der Waals surface area contributed by atoms with Crippen LogP contribution in [-0.2, 0) is 4.79 Å². The Morgan fingerprint density at radius 1 is 1.21 bits per heavy atom. The van der Waals surface area contributed by atoms with Crippen molar-refractivity contribution in [3.05, 3.63) is 48.2 Å². The molecule has 1 amide bonds. The summed E-state index contributed by atoms with van der Waals surface area (Å²) >= 11 is 0. The number of pyridine rings is 1. The van der Waals surface area contributed by atoms with Crippen LogP contribution in [-0.4, -0.2) is 37.3 Å². The summed E-state index contributed by atoms with van der Waals surface area (Å²) < 4.78 is 1.77. The van der Waals surface area contributed by atoms with Crippen LogP contribution in [0.3, 0.4) is 0 Å². The van der Waals surface area contributed by atoms with Crippen LogP contribution >= 0.6 is 0 Å². The number of hydrogen-bond donors (Lipinski definition) is 2. The van der Waals surface area contributed by atoms with E-state index in [1.165, 1.54) is 0 Å². The molecule has 2 N–H and O–H groups in total. The van der Waals surface area contributed by atoms with Crippen molar-refractivity contribution in [3.63, 3.8) is 0 Å². The number of fused-ring (bicyclic) bond motifs is 1. The first-order valence-corrected chi connectivity index (χ1v) is 9.41. The molecule has 1 fully saturated rings. The van der Waals surface area contributed by atoms with Crippen LogP contribution in [0.4, 0.5) is 0 Å². The van der Waals surface area contributed by atoms with Gasteiger partial charge in [0.1, 0.15) is 5.54 Å². The predicted molar refractivity (Wildman–Crippen MR) is 105 cm³/mol. The Bertz CT molecular complexity index is 1050. The topological polar surface area (TPSA) is 97.1 Å². The van der Waals surface area contributed by atoms with Crippen LogP contribution in [0.2, 0.25) is 0 Å². The van der Waals surface area contributed by atoms with E-state index in [1.807, 2.05) is 44.2 Å². The highest BCUT2D eigenvalue weighted by Crippen LogP contribution is 2.33. The number of hydrogen-bond acceptors (Lipinski definition) is 4. The van der Waals surface area contributed by atoms with Gasteiger partial charge in [-0.2, -0.15) is 5.10 Å². The highest BCUT2D eigenvalue weighted by Gasteiger charge is 2.46. The molecule has 1 aromatic carbocycles. The Labute approximate surface area is 162 Å². The zero-order chi connectivity index (χ0) is 19.9. The monoisotopic (exact) mass is 378 g/mol. The molecule has 0 unspecified atom stereocenters. The van der Waals surface area contributed by atoms with E-state index in [9.17, 15) is 14.7 Å². The van der Waals surface area contributed by atoms with E-state index in [-0.39, 0.29) is 6.04 Å². The number of carbonyl (C=O) groups is 2. The van der Waals surface area contributed by atoms with Crippen LogP contribution < -0.4 is 5.32 Å². The normalized spacial score (nSPS) is 15.4. The quantitative estimate of drug-likeness (QED) is 0.709. The zero-order valence-corrected chi connectivity index (χ0v) is 15.8. The Kier molecular flexibility index (Phi) is 4.37. The van der Waals surface area contributed by atoms with Gasteiger partial charge in [-0.15, -0.1) is 0 Å². The molecule has 7 nitrogen and oxygen atoms in total. The van der Waals surface area contributed by atoms with E-state index in [4.69, 9.17) is 4.98 Å². The number of aromatic nitrogens is 3. The zero-order valence-electron chi connectivity index (χ0n) is 15.8. The van der Waals surface area contributed by atoms with E-state index < -0.39 is 17.4 Å². The molecule has 0 bridgehead atoms. The summed E-state index contributed by atoms with van der Waals surface area (Å²) in [6, 6.07) is 11.4. The van der Waals surface area contributed by atoms with Crippen molar-refractivity contribution in [1.82, 2.24) is 20.1 Å². The SMILES string of the molecule is CC(C)n1ncc2c(C(=O)NC3(C(=O)O)CCC3)cc(-c3ccccc3)nc21. The summed E-state index contributed by atoms with van der Waals surface area (Å²) in [6.45, 7) is 3.99. The smallest absolute Gasteiger partial charge is 0.329 e. The third-order valence-electron chi connectivity index (χ3n) is 5.34. The molecule has 0 radical (unpaired) electrons. The lowest BCUT2D eigenvalue weighted by Gasteiger charge is -2.38. The molecule has 0 spiro atoms. The molecule has 2 heterocycles. The van der Waals surface area contributed by atoms with Gasteiger partial charge in [0.2, 0.25) is 0 Å². The molecule has 2 aromatic heterocycles. The summed E-state index contributed by atoms with van der Waals surface area (Å²) in [5.41, 5.74) is 1.36. The maximum absolute atomic E-state index is 13.1. The molecule has 28 heavy (non-hydrogen) atoms. The van der Waals surface area contributed by atoms with E-state index in [1.54, 1.807) is 16.9 Å². The van der Waals surface area contributed by atoms with Gasteiger partial charge in [0.25, 0.3) is 5.91 Å². The van der Waals surface area contributed by atoms with Crippen molar-refractivity contribution in [1.29, 1.82) is 0 Å². The molecule has 0 aliphatic heterocycles. The fraction of sp³-hybridized carbons (Fsp3) is 0.333. The molecule has 0 atom stereocenters. The second kappa shape index (κ2) is 6.74. The van der Waals surface area contributed by atoms with Gasteiger partial charge in [0.05, 0.1) is 22.8 Å². The van der Waals surface area contributed by atoms with Gasteiger partial charge in [-0.25, -0.2) is 14.5 Å². The average molecular weight is 378 g/mol. The van der Waals surface area contributed by atoms with Crippen LogP contribution in [0, 0.1) is 0 Å². The molecular weight excluding hydrogens is 356 g/mol. The lowest BCUT2D eigenvalue weighted by molar-refractivity contribution is -0.148. The fourth-order valence-corrected chi connectivity index (χ4v) is 3.55. The summed E-state index contributed by atoms with van der Waals surface area (Å²) in [4.78, 5) is 29.5. The highest BCUT2D eigenvalue weighted by atomic mass is 16.4. The number of carboxylic acid groups (broad SMARTS) is 1. The first kappa shape index (κ1) is 18.2. The number of nitrogens with zero attached hydrogens (tertiary/aromatic N) is 3. The van der Waals surface area contributed by atoms with Crippen molar-refractivity contribution in [2.24, 2.45) is 0 Å². The van der Waals surface area contributed by atoms with Gasteiger partial charge in [0.15, 0.2) is 5.65 Å². The third-order valence-corrected chi connectivity index (χ3v) is 5.34. The number of nitrogens with one attached hydrogen (secondary N) is 1. The largest absolute Gasteiger partial charge is 0.480 e. The fourth-order valence-electron chi connectivity index (χ4n) is 3.55. The minimum Gasteiger partial charge on any atom is -0.480 e. The Morgan fingerprint density at radius 3 is 2.50 bits per heavy atom. The number of rotatable bonds is 5. The Balaban J connectivity index is 1.84. The predicted octanol–water partition coefficient (Wildman–Crippen LogP) is 3.42. The van der Waals surface area contributed by atoms with E-state index >= 15 is 0 Å². The summed E-state index contributed by atoms with van der Waals surface area (Å²) in [5.74, 6) is -1.39. The lowest BCUT2D eigenvalue weighted by Crippen LogP contribution is -2.59. The minimum absolute atomic E-state index is 0.0731. The van der Waals surface area contributed by atoms with Gasteiger partial charge < -0.3 is 10.4 Å². The van der Waals surface area contributed by atoms with E-state index in [0.717, 1.165) is 12.0 Å². The first-order chi connectivity index (χ1) is 13.4. The van der Waals surface area contributed by atoms with Crippen molar-refractivity contribution in [2.75, 3.05) is 0 Å². The standard InChI is InChI=1S/C21H22N4O3/c1-13(2)25-18-16(12-22-25)15(11-17(23-18)14-7-4-3-5-8-14)19(26)24-21(20(27)28)9-6-10-21/h3-5,7-8,11-13H,6,9-10H2,1-2H3,(H,24,26)(H,27,28). The number of aliphatic carboxylic acids is 1. The molecule has 3 aromatic rings. The number of amides is 1. The molecule has 1 aliphatic rings. The Morgan fingerprint density at radius 2 is 1.93 bits per heavy atom. The second-order valence-corrected chi connectivity index (χ2v) is 7.54. The molecule has 144 valence electrons. The highest BCUT2D eigenvalue weighted by molar-refractivity contribution is 6.08. The average Bonchev–Trinajstić information content (AvgIpc) is 3.08. The van der Waals surface area contributed by atoms with Gasteiger partial charge in [0, 0.05) is 11.6 Å². The molecular formula is C21H22N4O3. The number of benzene rings is 1. The molecule has 7 heteroatoms. The van der Waals surface area contributed by atoms with E-state index in [2.05, 4.69) is 10.4 Å². The van der Waals surface area contributed by atoms with Crippen LogP contribution in [0.25, 0.3) is 22.3 Å². The Hall–Kier alpha value is -3.22. The van der Waals surface area contributed by atoms with Crippen molar-refractivity contribution in [3.8, 4) is 11.3 Å². The second-order valence-electron chi connectivity index (χ2n) is 7.54. The lowest BCUT2D eigenvalue weighted by atomic mass is 9.76. The molecule has 1 aliphatic carbocycles. The maximum atomic E-state index is 13.1. The summed E-state index contributed by atoms with van der Waals surface area (Å²) in [7, 11) is 0. The first-order valence-electron chi connectivity index (χ1n) is 9.41. The van der Waals surface area contributed by atoms with Gasteiger partial charge in [-0.3, -0.25) is 4.79 Å². The maximum Gasteiger partial charge on any atom is 0.329 e. The molecule has 0 saturated heterocycles. The van der Waals surface area contributed by atoms with E-state index in [0.29, 0.717) is 35.1 Å². The van der Waals surface area contributed by atoms with Gasteiger partial charge in [-0.05, 0) is 39.2 Å². The van der Waals surface area contributed by atoms with Crippen molar-refractivity contribution >= 4 is 22.9 Å². The summed E-state index contributed by atoms with van der Waals surface area (Å²) in [6.07, 6.45) is 3.30. The van der Waals surface area contributed by atoms with Crippen LogP contribution in [0.5, 0.6) is 0 Å². The summed E-state index contributed by atoms with van der Waals surface area (Å²) in [5, 5.41) is 17.3. The van der Waals surface area contributed by atoms with Crippen LogP contribution in [0.15, 0.2) is 42.6 Å². The minimum atomic E-state index is -1.17. The van der Waals surface area contributed by atoms with Gasteiger partial charge >= 0.3 is 5.97 Å². The molecule has 4 rings (SSSR count). The number of carbonyl (C=O) groups excluding carboxylic acids is 1.